The standard InChI is InChI=1S/C16H18N2S/c1-10-6-14(10)16-18-15(9-19-16)12-2-3-13-8-17-5-4-11(13)7-12/h2-3,7,9-10,14,17H,4-6,8H2,1H3. The molecule has 3 heteroatoms. The van der Waals surface area contributed by atoms with Crippen molar-refractivity contribution in [1.82, 2.24) is 10.3 Å². The molecular formula is C16H18N2S. The number of fused-ring (bicyclic) bond motifs is 1. The van der Waals surface area contributed by atoms with Crippen molar-refractivity contribution in [2.75, 3.05) is 6.54 Å². The van der Waals surface area contributed by atoms with Crippen molar-refractivity contribution in [3.05, 3.63) is 39.7 Å². The average Bonchev–Trinajstić information content (AvgIpc) is 3.00. The first kappa shape index (κ1) is 11.6. The molecule has 0 amide bonds. The number of nitrogens with zero attached hydrogens (tertiary/aromatic N) is 1. The Kier molecular flexibility index (Phi) is 2.71. The summed E-state index contributed by atoms with van der Waals surface area (Å²) in [6.45, 7) is 4.42. The van der Waals surface area contributed by atoms with E-state index < -0.39 is 0 Å². The molecule has 2 aliphatic rings. The van der Waals surface area contributed by atoms with Crippen LogP contribution in [0.15, 0.2) is 23.6 Å². The van der Waals surface area contributed by atoms with Crippen molar-refractivity contribution in [3.8, 4) is 11.3 Å². The van der Waals surface area contributed by atoms with Crippen molar-refractivity contribution in [3.63, 3.8) is 0 Å². The minimum Gasteiger partial charge on any atom is -0.312 e. The molecule has 2 aromatic rings. The quantitative estimate of drug-likeness (QED) is 0.902. The maximum absolute atomic E-state index is 4.84. The van der Waals surface area contributed by atoms with Gasteiger partial charge in [0.05, 0.1) is 10.7 Å². The van der Waals surface area contributed by atoms with Crippen LogP contribution in [-0.4, -0.2) is 11.5 Å². The fraction of sp³-hybridized carbons (Fsp3) is 0.438. The summed E-state index contributed by atoms with van der Waals surface area (Å²) in [4.78, 5) is 4.84. The van der Waals surface area contributed by atoms with Crippen molar-refractivity contribution in [2.45, 2.75) is 32.2 Å². The van der Waals surface area contributed by atoms with Crippen molar-refractivity contribution in [2.24, 2.45) is 5.92 Å². The molecule has 2 heterocycles. The molecule has 98 valence electrons. The number of rotatable bonds is 2. The molecule has 1 aliphatic heterocycles. The molecule has 0 radical (unpaired) electrons. The lowest BCUT2D eigenvalue weighted by atomic mass is 9.98. The monoisotopic (exact) mass is 270 g/mol. The minimum absolute atomic E-state index is 0.737. The second-order valence-electron chi connectivity index (χ2n) is 5.80. The molecule has 2 nitrogen and oxygen atoms in total. The fourth-order valence-corrected chi connectivity index (χ4v) is 3.97. The Labute approximate surface area is 117 Å². The van der Waals surface area contributed by atoms with Gasteiger partial charge in [0.15, 0.2) is 0 Å². The van der Waals surface area contributed by atoms with E-state index >= 15 is 0 Å². The molecular weight excluding hydrogens is 252 g/mol. The van der Waals surface area contributed by atoms with Gasteiger partial charge in [0.1, 0.15) is 0 Å². The molecule has 0 saturated heterocycles. The fourth-order valence-electron chi connectivity index (χ4n) is 2.89. The first-order valence-corrected chi connectivity index (χ1v) is 7.97. The van der Waals surface area contributed by atoms with Gasteiger partial charge in [-0.3, -0.25) is 0 Å². The molecule has 19 heavy (non-hydrogen) atoms. The summed E-state index contributed by atoms with van der Waals surface area (Å²) in [5.74, 6) is 1.58. The number of aromatic nitrogens is 1. The average molecular weight is 270 g/mol. The van der Waals surface area contributed by atoms with E-state index in [9.17, 15) is 0 Å². The van der Waals surface area contributed by atoms with Gasteiger partial charge in [-0.2, -0.15) is 0 Å². The van der Waals surface area contributed by atoms with E-state index in [0.717, 1.165) is 31.3 Å². The SMILES string of the molecule is CC1CC1c1nc(-c2ccc3c(c2)CCNC3)cs1. The smallest absolute Gasteiger partial charge is 0.0966 e. The third-order valence-electron chi connectivity index (χ3n) is 4.34. The zero-order valence-corrected chi connectivity index (χ0v) is 12.0. The molecule has 1 aliphatic carbocycles. The number of nitrogens with one attached hydrogen (secondary N) is 1. The molecule has 0 spiro atoms. The van der Waals surface area contributed by atoms with Gasteiger partial charge in [0.25, 0.3) is 0 Å². The maximum Gasteiger partial charge on any atom is 0.0966 e. The Hall–Kier alpha value is -1.19. The molecule has 2 atom stereocenters. The predicted molar refractivity (Wildman–Crippen MR) is 79.5 cm³/mol. The largest absolute Gasteiger partial charge is 0.312 e. The predicted octanol–water partition coefficient (Wildman–Crippen LogP) is 3.58. The summed E-state index contributed by atoms with van der Waals surface area (Å²) in [7, 11) is 0. The third-order valence-corrected chi connectivity index (χ3v) is 5.31. The lowest BCUT2D eigenvalue weighted by Gasteiger charge is -2.17. The van der Waals surface area contributed by atoms with Crippen LogP contribution in [0.1, 0.15) is 35.4 Å². The van der Waals surface area contributed by atoms with Crippen LogP contribution in [0.5, 0.6) is 0 Å². The lowest BCUT2D eigenvalue weighted by Crippen LogP contribution is -2.23. The van der Waals surface area contributed by atoms with Crippen LogP contribution < -0.4 is 5.32 Å². The lowest BCUT2D eigenvalue weighted by molar-refractivity contribution is 0.644. The van der Waals surface area contributed by atoms with Crippen molar-refractivity contribution >= 4 is 11.3 Å². The van der Waals surface area contributed by atoms with Crippen LogP contribution in [0.2, 0.25) is 0 Å². The molecule has 1 fully saturated rings. The molecule has 1 aromatic heterocycles. The second kappa shape index (κ2) is 4.43. The number of thiazole rings is 1. The van der Waals surface area contributed by atoms with E-state index in [1.54, 1.807) is 0 Å². The number of hydrogen-bond acceptors (Lipinski definition) is 3. The first-order valence-electron chi connectivity index (χ1n) is 7.09. The van der Waals surface area contributed by atoms with Gasteiger partial charge in [-0.1, -0.05) is 19.1 Å². The van der Waals surface area contributed by atoms with E-state index in [1.165, 1.54) is 33.8 Å². The van der Waals surface area contributed by atoms with Crippen LogP contribution in [0, 0.1) is 5.92 Å². The first-order chi connectivity index (χ1) is 9.31. The summed E-state index contributed by atoms with van der Waals surface area (Å²) in [5.41, 5.74) is 5.39. The van der Waals surface area contributed by atoms with E-state index in [2.05, 4.69) is 35.8 Å². The third kappa shape index (κ3) is 2.11. The van der Waals surface area contributed by atoms with Gasteiger partial charge < -0.3 is 5.32 Å². The summed E-state index contributed by atoms with van der Waals surface area (Å²) in [6.07, 6.45) is 2.46. The van der Waals surface area contributed by atoms with Gasteiger partial charge in [-0.15, -0.1) is 11.3 Å². The van der Waals surface area contributed by atoms with Crippen LogP contribution in [0.3, 0.4) is 0 Å². The zero-order chi connectivity index (χ0) is 12.8. The van der Waals surface area contributed by atoms with E-state index in [4.69, 9.17) is 4.98 Å². The highest BCUT2D eigenvalue weighted by Crippen LogP contribution is 2.48. The van der Waals surface area contributed by atoms with Crippen LogP contribution >= 0.6 is 11.3 Å². The van der Waals surface area contributed by atoms with Crippen LogP contribution in [0.4, 0.5) is 0 Å². The van der Waals surface area contributed by atoms with Gasteiger partial charge in [0.2, 0.25) is 0 Å². The molecule has 0 bridgehead atoms. The van der Waals surface area contributed by atoms with Crippen molar-refractivity contribution < 1.29 is 0 Å². The molecule has 4 rings (SSSR count). The van der Waals surface area contributed by atoms with Gasteiger partial charge in [0, 0.05) is 23.4 Å². The highest BCUT2D eigenvalue weighted by Gasteiger charge is 2.36. The van der Waals surface area contributed by atoms with E-state index in [-0.39, 0.29) is 0 Å². The second-order valence-corrected chi connectivity index (χ2v) is 6.69. The Bertz CT molecular complexity index is 617. The summed E-state index contributed by atoms with van der Waals surface area (Å²) < 4.78 is 0. The molecule has 1 saturated carbocycles. The van der Waals surface area contributed by atoms with Crippen molar-refractivity contribution in [1.29, 1.82) is 0 Å². The normalized spacial score (nSPS) is 25.1. The van der Waals surface area contributed by atoms with Crippen LogP contribution in [-0.2, 0) is 13.0 Å². The van der Waals surface area contributed by atoms with Gasteiger partial charge in [-0.05, 0) is 42.5 Å². The highest BCUT2D eigenvalue weighted by atomic mass is 32.1. The van der Waals surface area contributed by atoms with E-state index in [1.807, 2.05) is 11.3 Å². The Morgan fingerprint density at radius 3 is 3.05 bits per heavy atom. The highest BCUT2D eigenvalue weighted by molar-refractivity contribution is 7.10. The topological polar surface area (TPSA) is 24.9 Å². The zero-order valence-electron chi connectivity index (χ0n) is 11.1. The molecule has 2 unspecified atom stereocenters. The van der Waals surface area contributed by atoms with E-state index in [0.29, 0.717) is 0 Å². The van der Waals surface area contributed by atoms with Gasteiger partial charge >= 0.3 is 0 Å². The Morgan fingerprint density at radius 2 is 2.21 bits per heavy atom. The number of hydrogen-bond donors (Lipinski definition) is 1. The number of benzene rings is 1. The minimum atomic E-state index is 0.737. The summed E-state index contributed by atoms with van der Waals surface area (Å²) in [5, 5.41) is 6.98. The summed E-state index contributed by atoms with van der Waals surface area (Å²) in [6, 6.07) is 6.82. The Balaban J connectivity index is 1.66. The van der Waals surface area contributed by atoms with Crippen LogP contribution in [0.25, 0.3) is 11.3 Å². The van der Waals surface area contributed by atoms with Gasteiger partial charge in [-0.25, -0.2) is 4.98 Å². The Morgan fingerprint density at radius 1 is 1.32 bits per heavy atom. The summed E-state index contributed by atoms with van der Waals surface area (Å²) >= 11 is 1.83. The molecule has 1 N–H and O–H groups in total. The molecule has 1 aromatic carbocycles. The maximum atomic E-state index is 4.84.